The predicted molar refractivity (Wildman–Crippen MR) is 118 cm³/mol. The van der Waals surface area contributed by atoms with Gasteiger partial charge in [-0.3, -0.25) is 14.5 Å². The molecule has 0 bridgehead atoms. The summed E-state index contributed by atoms with van der Waals surface area (Å²) in [6, 6.07) is 6.38. The van der Waals surface area contributed by atoms with Crippen LogP contribution in [0.2, 0.25) is 5.02 Å². The lowest BCUT2D eigenvalue weighted by atomic mass is 10.1. The molecule has 0 aliphatic carbocycles. The fourth-order valence-electron chi connectivity index (χ4n) is 3.82. The van der Waals surface area contributed by atoms with Crippen molar-refractivity contribution in [3.05, 3.63) is 34.9 Å². The van der Waals surface area contributed by atoms with Gasteiger partial charge in [-0.1, -0.05) is 23.7 Å². The maximum absolute atomic E-state index is 13.1. The highest BCUT2D eigenvalue weighted by molar-refractivity contribution is 7.98. The number of carbonyl (C=O) groups excluding carboxylic acids is 2. The zero-order chi connectivity index (χ0) is 20.6. The summed E-state index contributed by atoms with van der Waals surface area (Å²) in [5.74, 6) is 0.501. The first-order valence-electron chi connectivity index (χ1n) is 10.3. The van der Waals surface area contributed by atoms with Crippen LogP contribution in [-0.4, -0.2) is 85.1 Å². The number of thioether (sulfide) groups is 1. The molecule has 1 aromatic carbocycles. The Balaban J connectivity index is 1.56. The van der Waals surface area contributed by atoms with Gasteiger partial charge < -0.3 is 15.0 Å². The molecular weight excluding hydrogens is 410 g/mol. The van der Waals surface area contributed by atoms with E-state index in [4.69, 9.17) is 16.3 Å². The first-order chi connectivity index (χ1) is 14.1. The molecule has 2 fully saturated rings. The van der Waals surface area contributed by atoms with Gasteiger partial charge in [0, 0.05) is 39.3 Å². The van der Waals surface area contributed by atoms with Crippen molar-refractivity contribution in [3.8, 4) is 0 Å². The molecule has 1 aromatic rings. The summed E-state index contributed by atoms with van der Waals surface area (Å²) in [7, 11) is 0. The second-order valence-electron chi connectivity index (χ2n) is 7.55. The number of rotatable bonds is 8. The van der Waals surface area contributed by atoms with Crippen molar-refractivity contribution in [2.75, 3.05) is 51.3 Å². The molecule has 2 aliphatic rings. The summed E-state index contributed by atoms with van der Waals surface area (Å²) >= 11 is 7.81. The van der Waals surface area contributed by atoms with E-state index >= 15 is 0 Å². The molecule has 2 aliphatic heterocycles. The van der Waals surface area contributed by atoms with Crippen LogP contribution in [0.25, 0.3) is 0 Å². The van der Waals surface area contributed by atoms with Gasteiger partial charge in [-0.2, -0.15) is 11.8 Å². The summed E-state index contributed by atoms with van der Waals surface area (Å²) in [5, 5.41) is 3.31. The van der Waals surface area contributed by atoms with Gasteiger partial charge in [0.15, 0.2) is 0 Å². The largest absolute Gasteiger partial charge is 0.377 e. The molecule has 6 nitrogen and oxygen atoms in total. The van der Waals surface area contributed by atoms with Gasteiger partial charge in [-0.25, -0.2) is 0 Å². The average molecular weight is 440 g/mol. The highest BCUT2D eigenvalue weighted by atomic mass is 35.5. The Morgan fingerprint density at radius 2 is 2.03 bits per heavy atom. The number of ether oxygens (including phenoxy) is 1. The van der Waals surface area contributed by atoms with Crippen molar-refractivity contribution in [1.29, 1.82) is 0 Å². The van der Waals surface area contributed by atoms with E-state index in [-0.39, 0.29) is 11.8 Å². The number of carbonyl (C=O) groups is 2. The van der Waals surface area contributed by atoms with Gasteiger partial charge in [0.25, 0.3) is 5.91 Å². The molecule has 0 aromatic heterocycles. The monoisotopic (exact) mass is 439 g/mol. The number of piperazine rings is 1. The molecule has 0 spiro atoms. The summed E-state index contributed by atoms with van der Waals surface area (Å²) in [6.45, 7) is 4.87. The van der Waals surface area contributed by atoms with Gasteiger partial charge in [-0.15, -0.1) is 0 Å². The fraction of sp³-hybridized carbons (Fsp3) is 0.619. The molecule has 0 unspecified atom stereocenters. The second-order valence-corrected chi connectivity index (χ2v) is 8.94. The lowest BCUT2D eigenvalue weighted by Crippen LogP contribution is -2.55. The Labute approximate surface area is 182 Å². The lowest BCUT2D eigenvalue weighted by molar-refractivity contribution is -0.135. The topological polar surface area (TPSA) is 61.9 Å². The summed E-state index contributed by atoms with van der Waals surface area (Å²) in [4.78, 5) is 30.1. The van der Waals surface area contributed by atoms with Crippen molar-refractivity contribution in [3.63, 3.8) is 0 Å². The van der Waals surface area contributed by atoms with Gasteiger partial charge in [0.1, 0.15) is 6.04 Å². The molecule has 3 rings (SSSR count). The Kier molecular flexibility index (Phi) is 8.66. The number of hydrogen-bond donors (Lipinski definition) is 1. The first-order valence-corrected chi connectivity index (χ1v) is 12.0. The van der Waals surface area contributed by atoms with Gasteiger partial charge in [0.2, 0.25) is 5.91 Å². The van der Waals surface area contributed by atoms with Crippen LogP contribution in [0.15, 0.2) is 24.3 Å². The van der Waals surface area contributed by atoms with E-state index in [9.17, 15) is 9.59 Å². The van der Waals surface area contributed by atoms with E-state index in [1.807, 2.05) is 11.2 Å². The first kappa shape index (κ1) is 22.4. The quantitative estimate of drug-likeness (QED) is 0.674. The van der Waals surface area contributed by atoms with Crippen LogP contribution in [0.5, 0.6) is 0 Å². The third-order valence-electron chi connectivity index (χ3n) is 5.50. The van der Waals surface area contributed by atoms with Crippen molar-refractivity contribution in [1.82, 2.24) is 15.1 Å². The number of hydrogen-bond acceptors (Lipinski definition) is 5. The molecular formula is C21H30ClN3O3S. The van der Waals surface area contributed by atoms with Crippen molar-refractivity contribution >= 4 is 35.2 Å². The maximum atomic E-state index is 13.1. The summed E-state index contributed by atoms with van der Waals surface area (Å²) in [5.41, 5.74) is 0.400. The molecule has 2 heterocycles. The van der Waals surface area contributed by atoms with Crippen LogP contribution in [0.3, 0.4) is 0 Å². The molecule has 2 saturated heterocycles. The van der Waals surface area contributed by atoms with Crippen LogP contribution in [-0.2, 0) is 9.53 Å². The van der Waals surface area contributed by atoms with Crippen molar-refractivity contribution < 1.29 is 14.3 Å². The van der Waals surface area contributed by atoms with Crippen LogP contribution in [0.1, 0.15) is 29.6 Å². The zero-order valence-electron chi connectivity index (χ0n) is 16.9. The Bertz CT molecular complexity index is 692. The SMILES string of the molecule is CSCC[C@@H](NC(=O)c1ccccc1Cl)C(=O)N1CCN(C[C@@H]2CCCO2)CC1. The number of nitrogens with one attached hydrogen (secondary N) is 1. The predicted octanol–water partition coefficient (Wildman–Crippen LogP) is 2.51. The van der Waals surface area contributed by atoms with Gasteiger partial charge >= 0.3 is 0 Å². The Hall–Kier alpha value is -1.28. The molecule has 160 valence electrons. The minimum absolute atomic E-state index is 0.00350. The standard InChI is InChI=1S/C21H30ClN3O3S/c1-29-14-8-19(23-20(26)17-6-2-3-7-18(17)22)21(27)25-11-9-24(10-12-25)15-16-5-4-13-28-16/h2-3,6-7,16,19H,4-5,8-15H2,1H3,(H,23,26)/t16-,19+/m0/s1. The summed E-state index contributed by atoms with van der Waals surface area (Å²) < 4.78 is 5.73. The second kappa shape index (κ2) is 11.2. The Morgan fingerprint density at radius 1 is 1.28 bits per heavy atom. The van der Waals surface area contributed by atoms with Gasteiger partial charge in [0.05, 0.1) is 16.7 Å². The summed E-state index contributed by atoms with van der Waals surface area (Å²) in [6.07, 6.45) is 5.21. The number of amides is 2. The molecule has 0 saturated carbocycles. The molecule has 8 heteroatoms. The molecule has 1 N–H and O–H groups in total. The normalized spacial score (nSPS) is 21.2. The minimum Gasteiger partial charge on any atom is -0.377 e. The highest BCUT2D eigenvalue weighted by Crippen LogP contribution is 2.17. The molecule has 2 amide bonds. The molecule has 2 atom stereocenters. The number of nitrogens with zero attached hydrogens (tertiary/aromatic N) is 2. The molecule has 29 heavy (non-hydrogen) atoms. The molecule has 0 radical (unpaired) electrons. The Morgan fingerprint density at radius 3 is 2.69 bits per heavy atom. The van der Waals surface area contributed by atoms with E-state index in [0.29, 0.717) is 36.2 Å². The third-order valence-corrected chi connectivity index (χ3v) is 6.48. The number of benzene rings is 1. The van der Waals surface area contributed by atoms with Crippen molar-refractivity contribution in [2.24, 2.45) is 0 Å². The van der Waals surface area contributed by atoms with E-state index < -0.39 is 6.04 Å². The van der Waals surface area contributed by atoms with Crippen molar-refractivity contribution in [2.45, 2.75) is 31.4 Å². The van der Waals surface area contributed by atoms with E-state index in [1.54, 1.807) is 36.0 Å². The zero-order valence-corrected chi connectivity index (χ0v) is 18.5. The van der Waals surface area contributed by atoms with Gasteiger partial charge in [-0.05, 0) is 43.4 Å². The highest BCUT2D eigenvalue weighted by Gasteiger charge is 2.30. The third kappa shape index (κ3) is 6.35. The van der Waals surface area contributed by atoms with E-state index in [2.05, 4.69) is 10.2 Å². The maximum Gasteiger partial charge on any atom is 0.253 e. The van der Waals surface area contributed by atoms with E-state index in [0.717, 1.165) is 44.8 Å². The van der Waals surface area contributed by atoms with Crippen LogP contribution >= 0.6 is 23.4 Å². The smallest absolute Gasteiger partial charge is 0.253 e. The fourth-order valence-corrected chi connectivity index (χ4v) is 4.51. The van der Waals surface area contributed by atoms with Crippen LogP contribution in [0, 0.1) is 0 Å². The van der Waals surface area contributed by atoms with Crippen LogP contribution < -0.4 is 5.32 Å². The number of halogens is 1. The van der Waals surface area contributed by atoms with E-state index in [1.165, 1.54) is 0 Å². The lowest BCUT2D eigenvalue weighted by Gasteiger charge is -2.37. The van der Waals surface area contributed by atoms with Crippen LogP contribution in [0.4, 0.5) is 0 Å². The average Bonchev–Trinajstić information content (AvgIpc) is 3.24. The minimum atomic E-state index is -0.532.